The minimum absolute atomic E-state index is 0.408. The largest absolute Gasteiger partial charge is 0.496 e. The molecule has 1 atom stereocenters. The molecule has 0 fully saturated rings. The number of para-hydroxylation sites is 1. The Morgan fingerprint density at radius 3 is 2.39 bits per heavy atom. The number of aromatic nitrogens is 2. The Labute approximate surface area is 105 Å². The molecule has 1 N–H and O–H groups in total. The second-order valence-corrected chi connectivity index (χ2v) is 3.65. The number of aliphatic hydroxyl groups excluding tert-OH is 1. The maximum absolute atomic E-state index is 10.2. The first-order valence-electron chi connectivity index (χ1n) is 5.45. The molecular formula is C13H14N2O3. The molecular weight excluding hydrogens is 232 g/mol. The van der Waals surface area contributed by atoms with Crippen LogP contribution in [0.5, 0.6) is 11.6 Å². The molecule has 1 aromatic heterocycles. The van der Waals surface area contributed by atoms with Gasteiger partial charge in [0.2, 0.25) is 5.88 Å². The van der Waals surface area contributed by atoms with Gasteiger partial charge in [-0.05, 0) is 12.1 Å². The molecule has 0 saturated carbocycles. The molecule has 0 spiro atoms. The molecule has 2 aromatic rings. The zero-order chi connectivity index (χ0) is 13.0. The summed E-state index contributed by atoms with van der Waals surface area (Å²) in [4.78, 5) is 0. The van der Waals surface area contributed by atoms with Gasteiger partial charge in [0.1, 0.15) is 11.9 Å². The van der Waals surface area contributed by atoms with E-state index < -0.39 is 6.10 Å². The standard InChI is InChI=1S/C13H14N2O3/c1-17-11-6-4-3-5-9(11)13(16)10-7-8-12(18-2)15-14-10/h3-8,13,16H,1-2H3. The minimum atomic E-state index is -0.875. The SMILES string of the molecule is COc1ccc(C(O)c2ccccc2OC)nn1. The van der Waals surface area contributed by atoms with Crippen molar-refractivity contribution in [2.75, 3.05) is 14.2 Å². The Morgan fingerprint density at radius 2 is 1.78 bits per heavy atom. The number of methoxy groups -OCH3 is 2. The van der Waals surface area contributed by atoms with E-state index in [0.29, 0.717) is 22.9 Å². The molecule has 0 radical (unpaired) electrons. The highest BCUT2D eigenvalue weighted by Crippen LogP contribution is 2.28. The lowest BCUT2D eigenvalue weighted by Crippen LogP contribution is -2.05. The monoisotopic (exact) mass is 246 g/mol. The third kappa shape index (κ3) is 2.41. The van der Waals surface area contributed by atoms with Crippen LogP contribution < -0.4 is 9.47 Å². The average molecular weight is 246 g/mol. The molecule has 1 aromatic carbocycles. The fraction of sp³-hybridized carbons (Fsp3) is 0.231. The summed E-state index contributed by atoms with van der Waals surface area (Å²) in [6.07, 6.45) is -0.875. The van der Waals surface area contributed by atoms with Crippen molar-refractivity contribution in [2.24, 2.45) is 0 Å². The highest BCUT2D eigenvalue weighted by atomic mass is 16.5. The Kier molecular flexibility index (Phi) is 3.74. The van der Waals surface area contributed by atoms with E-state index in [1.165, 1.54) is 7.11 Å². The second kappa shape index (κ2) is 5.46. The number of hydrogen-bond acceptors (Lipinski definition) is 5. The van der Waals surface area contributed by atoms with Crippen LogP contribution in [0.2, 0.25) is 0 Å². The van der Waals surface area contributed by atoms with E-state index in [-0.39, 0.29) is 0 Å². The van der Waals surface area contributed by atoms with E-state index in [1.54, 1.807) is 31.4 Å². The molecule has 18 heavy (non-hydrogen) atoms. The van der Waals surface area contributed by atoms with Crippen molar-refractivity contribution in [3.8, 4) is 11.6 Å². The zero-order valence-electron chi connectivity index (χ0n) is 10.2. The zero-order valence-corrected chi connectivity index (χ0v) is 10.2. The molecule has 1 heterocycles. The maximum Gasteiger partial charge on any atom is 0.233 e. The Balaban J connectivity index is 2.31. The van der Waals surface area contributed by atoms with Crippen LogP contribution in [0.25, 0.3) is 0 Å². The van der Waals surface area contributed by atoms with Gasteiger partial charge in [-0.2, -0.15) is 0 Å². The summed E-state index contributed by atoms with van der Waals surface area (Å²) in [6, 6.07) is 10.6. The number of rotatable bonds is 4. The average Bonchev–Trinajstić information content (AvgIpc) is 2.46. The molecule has 0 saturated heterocycles. The molecule has 1 unspecified atom stereocenters. The van der Waals surface area contributed by atoms with Gasteiger partial charge >= 0.3 is 0 Å². The van der Waals surface area contributed by atoms with Crippen LogP contribution >= 0.6 is 0 Å². The normalized spacial score (nSPS) is 11.9. The number of hydrogen-bond donors (Lipinski definition) is 1. The lowest BCUT2D eigenvalue weighted by molar-refractivity contribution is 0.208. The summed E-state index contributed by atoms with van der Waals surface area (Å²) in [7, 11) is 3.07. The van der Waals surface area contributed by atoms with Crippen LogP contribution in [-0.2, 0) is 0 Å². The molecule has 0 aliphatic carbocycles. The van der Waals surface area contributed by atoms with Crippen molar-refractivity contribution in [2.45, 2.75) is 6.10 Å². The number of benzene rings is 1. The number of aliphatic hydroxyl groups is 1. The molecule has 0 bridgehead atoms. The van der Waals surface area contributed by atoms with Gasteiger partial charge < -0.3 is 14.6 Å². The minimum Gasteiger partial charge on any atom is -0.496 e. The molecule has 0 amide bonds. The Bertz CT molecular complexity index is 514. The predicted octanol–water partition coefficient (Wildman–Crippen LogP) is 1.58. The van der Waals surface area contributed by atoms with Crippen molar-refractivity contribution in [1.82, 2.24) is 10.2 Å². The van der Waals surface area contributed by atoms with Crippen LogP contribution in [0, 0.1) is 0 Å². The summed E-state index contributed by atoms with van der Waals surface area (Å²) in [5.74, 6) is 1.02. The smallest absolute Gasteiger partial charge is 0.233 e. The van der Waals surface area contributed by atoms with Crippen molar-refractivity contribution in [1.29, 1.82) is 0 Å². The summed E-state index contributed by atoms with van der Waals surface area (Å²) in [6.45, 7) is 0. The molecule has 2 rings (SSSR count). The van der Waals surface area contributed by atoms with E-state index in [9.17, 15) is 5.11 Å². The maximum atomic E-state index is 10.2. The quantitative estimate of drug-likeness (QED) is 0.887. The van der Waals surface area contributed by atoms with Crippen LogP contribution in [0.15, 0.2) is 36.4 Å². The van der Waals surface area contributed by atoms with Gasteiger partial charge in [0.05, 0.1) is 19.9 Å². The fourth-order valence-corrected chi connectivity index (χ4v) is 1.64. The van der Waals surface area contributed by atoms with Gasteiger partial charge in [-0.1, -0.05) is 18.2 Å². The summed E-state index contributed by atoms with van der Waals surface area (Å²) < 4.78 is 10.1. The van der Waals surface area contributed by atoms with E-state index in [0.717, 1.165) is 0 Å². The predicted molar refractivity (Wildman–Crippen MR) is 65.6 cm³/mol. The van der Waals surface area contributed by atoms with Crippen LogP contribution in [0.3, 0.4) is 0 Å². The van der Waals surface area contributed by atoms with Gasteiger partial charge in [-0.15, -0.1) is 10.2 Å². The van der Waals surface area contributed by atoms with Crippen molar-refractivity contribution >= 4 is 0 Å². The summed E-state index contributed by atoms with van der Waals surface area (Å²) in [5, 5.41) is 18.0. The van der Waals surface area contributed by atoms with Gasteiger partial charge in [-0.3, -0.25) is 0 Å². The second-order valence-electron chi connectivity index (χ2n) is 3.65. The lowest BCUT2D eigenvalue weighted by Gasteiger charge is -2.13. The van der Waals surface area contributed by atoms with Crippen molar-refractivity contribution in [3.63, 3.8) is 0 Å². The summed E-state index contributed by atoms with van der Waals surface area (Å²) >= 11 is 0. The molecule has 5 nitrogen and oxygen atoms in total. The van der Waals surface area contributed by atoms with E-state index in [1.807, 2.05) is 12.1 Å². The van der Waals surface area contributed by atoms with Gasteiger partial charge in [0, 0.05) is 11.6 Å². The molecule has 5 heteroatoms. The summed E-state index contributed by atoms with van der Waals surface area (Å²) in [5.41, 5.74) is 1.10. The lowest BCUT2D eigenvalue weighted by atomic mass is 10.1. The fourth-order valence-electron chi connectivity index (χ4n) is 1.64. The van der Waals surface area contributed by atoms with Crippen molar-refractivity contribution < 1.29 is 14.6 Å². The first-order chi connectivity index (χ1) is 8.76. The third-order valence-electron chi connectivity index (χ3n) is 2.58. The van der Waals surface area contributed by atoms with Crippen molar-refractivity contribution in [3.05, 3.63) is 47.7 Å². The van der Waals surface area contributed by atoms with E-state index in [2.05, 4.69) is 10.2 Å². The molecule has 94 valence electrons. The van der Waals surface area contributed by atoms with Crippen LogP contribution in [0.1, 0.15) is 17.4 Å². The third-order valence-corrected chi connectivity index (χ3v) is 2.58. The first-order valence-corrected chi connectivity index (χ1v) is 5.45. The number of ether oxygens (including phenoxy) is 2. The molecule has 0 aliphatic rings. The topological polar surface area (TPSA) is 64.5 Å². The highest BCUT2D eigenvalue weighted by molar-refractivity contribution is 5.38. The van der Waals surface area contributed by atoms with Gasteiger partial charge in [0.25, 0.3) is 0 Å². The van der Waals surface area contributed by atoms with E-state index in [4.69, 9.17) is 9.47 Å². The first kappa shape index (κ1) is 12.3. The molecule has 0 aliphatic heterocycles. The highest BCUT2D eigenvalue weighted by Gasteiger charge is 2.16. The Morgan fingerprint density at radius 1 is 1.00 bits per heavy atom. The Hall–Kier alpha value is -2.14. The van der Waals surface area contributed by atoms with Crippen LogP contribution in [0.4, 0.5) is 0 Å². The number of nitrogens with zero attached hydrogens (tertiary/aromatic N) is 2. The van der Waals surface area contributed by atoms with E-state index >= 15 is 0 Å². The van der Waals surface area contributed by atoms with Gasteiger partial charge in [-0.25, -0.2) is 0 Å². The van der Waals surface area contributed by atoms with Crippen LogP contribution in [-0.4, -0.2) is 29.5 Å². The van der Waals surface area contributed by atoms with Gasteiger partial charge in [0.15, 0.2) is 0 Å².